The van der Waals surface area contributed by atoms with E-state index in [0.29, 0.717) is 5.41 Å². The molecule has 0 bridgehead atoms. The fraction of sp³-hybridized carbons (Fsp3) is 0.882. The first-order valence-corrected chi connectivity index (χ1v) is 7.60. The summed E-state index contributed by atoms with van der Waals surface area (Å²) in [6, 6.07) is 0. The molecule has 0 radical (unpaired) electrons. The molecule has 2 fully saturated rings. The van der Waals surface area contributed by atoms with Gasteiger partial charge in [-0.25, -0.2) is 0 Å². The first-order valence-electron chi connectivity index (χ1n) is 7.60. The van der Waals surface area contributed by atoms with Crippen LogP contribution in [0.15, 0.2) is 11.6 Å². The van der Waals surface area contributed by atoms with Gasteiger partial charge >= 0.3 is 0 Å². The van der Waals surface area contributed by atoms with Gasteiger partial charge in [-0.15, -0.1) is 0 Å². The summed E-state index contributed by atoms with van der Waals surface area (Å²) in [5, 5.41) is 0. The highest BCUT2D eigenvalue weighted by molar-refractivity contribution is 5.25. The average molecular weight is 234 g/mol. The molecule has 0 amide bonds. The van der Waals surface area contributed by atoms with Gasteiger partial charge < -0.3 is 0 Å². The van der Waals surface area contributed by atoms with E-state index in [0.717, 1.165) is 29.6 Å². The van der Waals surface area contributed by atoms with Gasteiger partial charge in [-0.1, -0.05) is 53.2 Å². The lowest BCUT2D eigenvalue weighted by Gasteiger charge is -2.23. The highest BCUT2D eigenvalue weighted by atomic mass is 14.6. The third kappa shape index (κ3) is 2.46. The molecule has 0 aromatic rings. The third-order valence-electron chi connectivity index (χ3n) is 5.58. The summed E-state index contributed by atoms with van der Waals surface area (Å²) in [5.41, 5.74) is 2.20. The number of allylic oxidation sites excluding steroid dienone is 2. The molecule has 98 valence electrons. The van der Waals surface area contributed by atoms with Gasteiger partial charge in [0.25, 0.3) is 0 Å². The van der Waals surface area contributed by atoms with Crippen LogP contribution < -0.4 is 0 Å². The Balaban J connectivity index is 2.25. The normalized spacial score (nSPS) is 44.4. The van der Waals surface area contributed by atoms with E-state index in [9.17, 15) is 0 Å². The van der Waals surface area contributed by atoms with E-state index >= 15 is 0 Å². The topological polar surface area (TPSA) is 0 Å². The van der Waals surface area contributed by atoms with Crippen LogP contribution in [0, 0.1) is 35.0 Å². The van der Waals surface area contributed by atoms with Crippen LogP contribution >= 0.6 is 0 Å². The van der Waals surface area contributed by atoms with Gasteiger partial charge in [0.2, 0.25) is 0 Å². The van der Waals surface area contributed by atoms with Crippen LogP contribution in [0.4, 0.5) is 0 Å². The van der Waals surface area contributed by atoms with E-state index in [2.05, 4.69) is 47.6 Å². The van der Waals surface area contributed by atoms with Gasteiger partial charge in [-0.3, -0.25) is 0 Å². The van der Waals surface area contributed by atoms with Crippen LogP contribution in [0.2, 0.25) is 0 Å². The first kappa shape index (κ1) is 13.2. The zero-order valence-electron chi connectivity index (χ0n) is 12.6. The van der Waals surface area contributed by atoms with Crippen molar-refractivity contribution in [3.8, 4) is 0 Å². The molecule has 5 unspecified atom stereocenters. The van der Waals surface area contributed by atoms with Crippen molar-refractivity contribution in [2.45, 2.75) is 60.8 Å². The van der Waals surface area contributed by atoms with Crippen LogP contribution in [0.25, 0.3) is 0 Å². The Kier molecular flexibility index (Phi) is 3.45. The molecule has 0 aromatic carbocycles. The van der Waals surface area contributed by atoms with E-state index in [1.54, 1.807) is 5.57 Å². The van der Waals surface area contributed by atoms with E-state index in [1.807, 2.05) is 0 Å². The lowest BCUT2D eigenvalue weighted by atomic mass is 9.82. The van der Waals surface area contributed by atoms with Crippen molar-refractivity contribution < 1.29 is 0 Å². The second kappa shape index (κ2) is 4.44. The number of hydrogen-bond donors (Lipinski definition) is 0. The molecule has 17 heavy (non-hydrogen) atoms. The van der Waals surface area contributed by atoms with E-state index < -0.39 is 0 Å². The summed E-state index contributed by atoms with van der Waals surface area (Å²) < 4.78 is 0. The minimum atomic E-state index is 0.393. The highest BCUT2D eigenvalue weighted by Crippen LogP contribution is 2.60. The molecule has 0 aromatic heterocycles. The highest BCUT2D eigenvalue weighted by Gasteiger charge is 2.53. The summed E-state index contributed by atoms with van der Waals surface area (Å²) in [6.45, 7) is 14.5. The molecular weight excluding hydrogens is 204 g/mol. The Morgan fingerprint density at radius 1 is 1.18 bits per heavy atom. The molecular formula is C17H30. The maximum absolute atomic E-state index is 2.64. The summed E-state index contributed by atoms with van der Waals surface area (Å²) in [7, 11) is 0. The second-order valence-electron chi connectivity index (χ2n) is 7.40. The van der Waals surface area contributed by atoms with Crippen molar-refractivity contribution in [3.63, 3.8) is 0 Å². The van der Waals surface area contributed by atoms with Gasteiger partial charge in [0.05, 0.1) is 0 Å². The van der Waals surface area contributed by atoms with E-state index in [-0.39, 0.29) is 0 Å². The van der Waals surface area contributed by atoms with Gasteiger partial charge in [-0.2, -0.15) is 0 Å². The summed E-state index contributed by atoms with van der Waals surface area (Å²) >= 11 is 0. The van der Waals surface area contributed by atoms with Crippen LogP contribution in [0.3, 0.4) is 0 Å². The summed E-state index contributed by atoms with van der Waals surface area (Å²) in [4.78, 5) is 0. The zero-order chi connectivity index (χ0) is 12.8. The minimum Gasteiger partial charge on any atom is -0.0791 e. The zero-order valence-corrected chi connectivity index (χ0v) is 12.6. The smallest absolute Gasteiger partial charge is 0.0138 e. The van der Waals surface area contributed by atoms with Crippen molar-refractivity contribution in [1.82, 2.24) is 0 Å². The van der Waals surface area contributed by atoms with Crippen LogP contribution in [-0.4, -0.2) is 0 Å². The molecule has 2 saturated carbocycles. The van der Waals surface area contributed by atoms with Crippen LogP contribution in [-0.2, 0) is 0 Å². The summed E-state index contributed by atoms with van der Waals surface area (Å²) in [6.07, 6.45) is 6.74. The van der Waals surface area contributed by atoms with Gasteiger partial charge in [-0.05, 0) is 54.3 Å². The quantitative estimate of drug-likeness (QED) is 0.569. The monoisotopic (exact) mass is 234 g/mol. The molecule has 0 heterocycles. The first-order chi connectivity index (χ1) is 7.87. The SMILES string of the molecule is CCC(C)(C)C=C1C(C)CCC(C)C2C(C)C12. The van der Waals surface area contributed by atoms with Crippen molar-refractivity contribution >= 4 is 0 Å². The molecule has 0 saturated heterocycles. The standard InChI is InChI=1S/C17H30/c1-7-17(5,6)10-14-11(2)8-9-12(3)15-13(4)16(14)15/h10-13,15-16H,7-9H2,1-6H3. The molecule has 5 atom stereocenters. The minimum absolute atomic E-state index is 0.393. The third-order valence-corrected chi connectivity index (χ3v) is 5.58. The fourth-order valence-electron chi connectivity index (χ4n) is 3.88. The predicted molar refractivity (Wildman–Crippen MR) is 75.9 cm³/mol. The molecule has 2 aliphatic carbocycles. The predicted octanol–water partition coefficient (Wildman–Crippen LogP) is 5.30. The maximum atomic E-state index is 2.64. The number of rotatable bonds is 2. The molecule has 0 spiro atoms. The molecule has 0 heteroatoms. The Labute approximate surface area is 108 Å². The van der Waals surface area contributed by atoms with Crippen LogP contribution in [0.1, 0.15) is 60.8 Å². The van der Waals surface area contributed by atoms with Crippen LogP contribution in [0.5, 0.6) is 0 Å². The van der Waals surface area contributed by atoms with E-state index in [4.69, 9.17) is 0 Å². The number of hydrogen-bond acceptors (Lipinski definition) is 0. The lowest BCUT2D eigenvalue weighted by molar-refractivity contribution is 0.420. The fourth-order valence-corrected chi connectivity index (χ4v) is 3.88. The molecule has 2 aliphatic rings. The largest absolute Gasteiger partial charge is 0.0791 e. The molecule has 0 N–H and O–H groups in total. The van der Waals surface area contributed by atoms with Crippen molar-refractivity contribution in [1.29, 1.82) is 0 Å². The Morgan fingerprint density at radius 3 is 2.41 bits per heavy atom. The molecule has 2 rings (SSSR count). The average Bonchev–Trinajstić information content (AvgIpc) is 2.95. The van der Waals surface area contributed by atoms with Gasteiger partial charge in [0.15, 0.2) is 0 Å². The molecule has 0 aliphatic heterocycles. The molecule has 0 nitrogen and oxygen atoms in total. The second-order valence-corrected chi connectivity index (χ2v) is 7.40. The van der Waals surface area contributed by atoms with E-state index in [1.165, 1.54) is 19.3 Å². The van der Waals surface area contributed by atoms with Gasteiger partial charge in [0.1, 0.15) is 0 Å². The Morgan fingerprint density at radius 2 is 1.82 bits per heavy atom. The van der Waals surface area contributed by atoms with Crippen molar-refractivity contribution in [2.24, 2.45) is 35.0 Å². The Hall–Kier alpha value is -0.260. The van der Waals surface area contributed by atoms with Gasteiger partial charge in [0, 0.05) is 0 Å². The Bertz CT molecular complexity index is 310. The maximum Gasteiger partial charge on any atom is -0.0138 e. The number of fused-ring (bicyclic) bond motifs is 1. The lowest BCUT2D eigenvalue weighted by Crippen LogP contribution is -2.11. The van der Waals surface area contributed by atoms with Crippen molar-refractivity contribution in [2.75, 3.05) is 0 Å². The van der Waals surface area contributed by atoms with Crippen molar-refractivity contribution in [3.05, 3.63) is 11.6 Å². The summed E-state index contributed by atoms with van der Waals surface area (Å²) in [5.74, 6) is 4.65.